The van der Waals surface area contributed by atoms with Crippen LogP contribution in [0.25, 0.3) is 10.9 Å². The van der Waals surface area contributed by atoms with Gasteiger partial charge in [0, 0.05) is 35.7 Å². The average Bonchev–Trinajstić information content (AvgIpc) is 2.98. The molecule has 0 bridgehead atoms. The minimum absolute atomic E-state index is 0.511. The minimum atomic E-state index is -0.558. The van der Waals surface area contributed by atoms with E-state index in [-0.39, 0.29) is 0 Å². The number of aliphatic hydroxyl groups is 1. The average molecular weight is 318 g/mol. The lowest BCUT2D eigenvalue weighted by Crippen LogP contribution is -2.35. The van der Waals surface area contributed by atoms with Gasteiger partial charge in [0.05, 0.1) is 0 Å². The zero-order valence-electron chi connectivity index (χ0n) is 13.7. The van der Waals surface area contributed by atoms with Crippen molar-refractivity contribution in [2.45, 2.75) is 38.0 Å². The van der Waals surface area contributed by atoms with Crippen molar-refractivity contribution in [3.63, 3.8) is 0 Å². The monoisotopic (exact) mass is 318 g/mol. The van der Waals surface area contributed by atoms with Crippen LogP contribution in [0.3, 0.4) is 0 Å². The highest BCUT2D eigenvalue weighted by atomic mass is 16.3. The number of benzene rings is 2. The first-order valence-electron chi connectivity index (χ1n) is 8.94. The lowest BCUT2D eigenvalue weighted by molar-refractivity contribution is 0.220. The van der Waals surface area contributed by atoms with Crippen LogP contribution in [0.2, 0.25) is 0 Å². The molecule has 0 amide bonds. The van der Waals surface area contributed by atoms with Crippen LogP contribution in [0, 0.1) is 0 Å². The lowest BCUT2D eigenvalue weighted by Gasteiger charge is -2.31. The third-order valence-electron chi connectivity index (χ3n) is 5.64. The first kappa shape index (κ1) is 14.3. The molecule has 0 fully saturated rings. The van der Waals surface area contributed by atoms with Crippen LogP contribution in [-0.2, 0) is 13.0 Å². The van der Waals surface area contributed by atoms with Gasteiger partial charge in [-0.3, -0.25) is 0 Å². The van der Waals surface area contributed by atoms with Gasteiger partial charge in [-0.05, 0) is 48.1 Å². The number of nitrogens with zero attached hydrogens (tertiary/aromatic N) is 1. The highest BCUT2D eigenvalue weighted by Gasteiger charge is 2.30. The molecule has 2 aliphatic rings. The van der Waals surface area contributed by atoms with E-state index >= 15 is 0 Å². The van der Waals surface area contributed by atoms with Gasteiger partial charge in [0.2, 0.25) is 0 Å². The molecule has 24 heavy (non-hydrogen) atoms. The van der Waals surface area contributed by atoms with Crippen molar-refractivity contribution in [3.8, 4) is 0 Å². The summed E-state index contributed by atoms with van der Waals surface area (Å²) >= 11 is 0. The molecule has 122 valence electrons. The molecule has 3 nitrogen and oxygen atoms in total. The molecule has 1 aromatic heterocycles. The molecule has 2 N–H and O–H groups in total. The lowest BCUT2D eigenvalue weighted by atomic mass is 9.90. The predicted octanol–water partition coefficient (Wildman–Crippen LogP) is 3.70. The maximum atomic E-state index is 10.8. The van der Waals surface area contributed by atoms with E-state index in [1.165, 1.54) is 35.0 Å². The van der Waals surface area contributed by atoms with Crippen molar-refractivity contribution >= 4 is 10.9 Å². The maximum Gasteiger partial charge on any atom is 0.104 e. The van der Waals surface area contributed by atoms with E-state index < -0.39 is 6.10 Å². The Morgan fingerprint density at radius 1 is 1.08 bits per heavy atom. The zero-order chi connectivity index (χ0) is 16.1. The van der Waals surface area contributed by atoms with E-state index in [0.29, 0.717) is 6.04 Å². The highest BCUT2D eigenvalue weighted by Crippen LogP contribution is 2.40. The molecule has 1 aliphatic carbocycles. The predicted molar refractivity (Wildman–Crippen MR) is 96.1 cm³/mol. The standard InChI is InChI=1S/C21H22N2O/c24-21(14-5-2-1-3-6-14)15-9-10-19-17(13-15)16-7-4-8-18-20(16)23(19)12-11-22-18/h1-3,5-6,9-10,13,18,21-22,24H,4,7-8,11-12H2. The van der Waals surface area contributed by atoms with Gasteiger partial charge in [-0.1, -0.05) is 36.4 Å². The van der Waals surface area contributed by atoms with E-state index in [9.17, 15) is 5.11 Å². The molecule has 2 unspecified atom stereocenters. The van der Waals surface area contributed by atoms with Crippen molar-refractivity contribution in [3.05, 3.63) is 70.9 Å². The maximum absolute atomic E-state index is 10.8. The quantitative estimate of drug-likeness (QED) is 0.756. The fourth-order valence-corrected chi connectivity index (χ4v) is 4.53. The summed E-state index contributed by atoms with van der Waals surface area (Å²) in [6.07, 6.45) is 3.08. The molecule has 0 radical (unpaired) electrons. The summed E-state index contributed by atoms with van der Waals surface area (Å²) in [5.74, 6) is 0. The van der Waals surface area contributed by atoms with Crippen LogP contribution in [0.15, 0.2) is 48.5 Å². The van der Waals surface area contributed by atoms with E-state index in [2.05, 4.69) is 28.1 Å². The van der Waals surface area contributed by atoms with Gasteiger partial charge in [-0.25, -0.2) is 0 Å². The SMILES string of the molecule is OC(c1ccccc1)c1ccc2c(c1)c1c3n2CCNC3CCC1. The Morgan fingerprint density at radius 3 is 2.83 bits per heavy atom. The van der Waals surface area contributed by atoms with E-state index in [4.69, 9.17) is 0 Å². The molecule has 0 spiro atoms. The number of hydrogen-bond acceptors (Lipinski definition) is 2. The van der Waals surface area contributed by atoms with Crippen LogP contribution in [0.4, 0.5) is 0 Å². The second-order valence-corrected chi connectivity index (χ2v) is 7.00. The van der Waals surface area contributed by atoms with Gasteiger partial charge in [-0.15, -0.1) is 0 Å². The normalized spacial score (nSPS) is 20.8. The summed E-state index contributed by atoms with van der Waals surface area (Å²) in [6.45, 7) is 2.10. The number of aromatic nitrogens is 1. The summed E-state index contributed by atoms with van der Waals surface area (Å²) in [7, 11) is 0. The van der Waals surface area contributed by atoms with Crippen molar-refractivity contribution in [2.75, 3.05) is 6.54 Å². The molecule has 2 atom stereocenters. The molecule has 5 rings (SSSR count). The largest absolute Gasteiger partial charge is 0.384 e. The van der Waals surface area contributed by atoms with Crippen LogP contribution >= 0.6 is 0 Å². The van der Waals surface area contributed by atoms with Crippen LogP contribution in [0.1, 0.15) is 47.4 Å². The highest BCUT2D eigenvalue weighted by molar-refractivity contribution is 5.87. The number of rotatable bonds is 2. The Labute approximate surface area is 141 Å². The summed E-state index contributed by atoms with van der Waals surface area (Å²) in [6, 6.07) is 16.9. The molecule has 3 heteroatoms. The molecular formula is C21H22N2O. The van der Waals surface area contributed by atoms with Gasteiger partial charge >= 0.3 is 0 Å². The Bertz CT molecular complexity index is 895. The molecule has 2 aromatic carbocycles. The molecule has 1 aliphatic heterocycles. The summed E-state index contributed by atoms with van der Waals surface area (Å²) in [5, 5.41) is 15.8. The van der Waals surface area contributed by atoms with E-state index in [0.717, 1.165) is 30.6 Å². The minimum Gasteiger partial charge on any atom is -0.384 e. The van der Waals surface area contributed by atoms with Gasteiger partial charge < -0.3 is 15.0 Å². The summed E-state index contributed by atoms with van der Waals surface area (Å²) in [4.78, 5) is 0. The Morgan fingerprint density at radius 2 is 1.96 bits per heavy atom. The smallest absolute Gasteiger partial charge is 0.104 e. The van der Waals surface area contributed by atoms with Gasteiger partial charge in [0.1, 0.15) is 6.10 Å². The summed E-state index contributed by atoms with van der Waals surface area (Å²) < 4.78 is 2.50. The molecule has 0 saturated carbocycles. The Kier molecular flexibility index (Phi) is 3.25. The molecule has 3 aromatic rings. The molecule has 2 heterocycles. The van der Waals surface area contributed by atoms with Crippen LogP contribution in [-0.4, -0.2) is 16.2 Å². The van der Waals surface area contributed by atoms with Crippen molar-refractivity contribution in [1.29, 1.82) is 0 Å². The molecular weight excluding hydrogens is 296 g/mol. The van der Waals surface area contributed by atoms with Crippen molar-refractivity contribution in [2.24, 2.45) is 0 Å². The number of hydrogen-bond donors (Lipinski definition) is 2. The van der Waals surface area contributed by atoms with Crippen molar-refractivity contribution < 1.29 is 5.11 Å². The second kappa shape index (κ2) is 5.47. The summed E-state index contributed by atoms with van der Waals surface area (Å²) in [5.41, 5.74) is 6.26. The van der Waals surface area contributed by atoms with E-state index in [1.807, 2.05) is 30.3 Å². The Balaban J connectivity index is 1.67. The molecule has 0 saturated heterocycles. The second-order valence-electron chi connectivity index (χ2n) is 7.00. The van der Waals surface area contributed by atoms with Gasteiger partial charge in [-0.2, -0.15) is 0 Å². The third kappa shape index (κ3) is 2.05. The number of nitrogens with one attached hydrogen (secondary N) is 1. The number of aliphatic hydroxyl groups excluding tert-OH is 1. The zero-order valence-corrected chi connectivity index (χ0v) is 13.7. The fourth-order valence-electron chi connectivity index (χ4n) is 4.53. The number of aryl methyl sites for hydroxylation is 1. The fraction of sp³-hybridized carbons (Fsp3) is 0.333. The van der Waals surface area contributed by atoms with E-state index in [1.54, 1.807) is 0 Å². The van der Waals surface area contributed by atoms with Crippen LogP contribution < -0.4 is 5.32 Å². The van der Waals surface area contributed by atoms with Crippen LogP contribution in [0.5, 0.6) is 0 Å². The third-order valence-corrected chi connectivity index (χ3v) is 5.64. The first-order valence-corrected chi connectivity index (χ1v) is 8.94. The van der Waals surface area contributed by atoms with Gasteiger partial charge in [0.25, 0.3) is 0 Å². The van der Waals surface area contributed by atoms with Gasteiger partial charge in [0.15, 0.2) is 0 Å². The number of fused-ring (bicyclic) bond motifs is 3. The van der Waals surface area contributed by atoms with Crippen molar-refractivity contribution in [1.82, 2.24) is 9.88 Å². The Hall–Kier alpha value is -2.10. The topological polar surface area (TPSA) is 37.2 Å². The first-order chi connectivity index (χ1) is 11.8.